The highest BCUT2D eigenvalue weighted by molar-refractivity contribution is 9.11. The molecule has 1 nitrogen and oxygen atoms in total. The molecule has 90 valence electrons. The first-order chi connectivity index (χ1) is 8.06. The lowest BCUT2D eigenvalue weighted by Gasteiger charge is -2.11. The van der Waals surface area contributed by atoms with Crippen molar-refractivity contribution in [3.63, 3.8) is 0 Å². The van der Waals surface area contributed by atoms with Gasteiger partial charge in [-0.05, 0) is 57.1 Å². The predicted octanol–water partition coefficient (Wildman–Crippen LogP) is 5.17. The Labute approximate surface area is 126 Å². The third-order valence-electron chi connectivity index (χ3n) is 2.47. The fourth-order valence-electron chi connectivity index (χ4n) is 1.56. The molecule has 2 N–H and O–H groups in total. The molecule has 2 rings (SSSR count). The van der Waals surface area contributed by atoms with Crippen molar-refractivity contribution < 1.29 is 0 Å². The van der Waals surface area contributed by atoms with E-state index < -0.39 is 0 Å². The van der Waals surface area contributed by atoms with Crippen molar-refractivity contribution in [3.8, 4) is 0 Å². The number of rotatable bonds is 3. The maximum absolute atomic E-state index is 6.17. The van der Waals surface area contributed by atoms with Crippen molar-refractivity contribution in [1.82, 2.24) is 0 Å². The fraction of sp³-hybridized carbons (Fsp3) is 0.167. The van der Waals surface area contributed by atoms with Crippen LogP contribution >= 0.6 is 54.8 Å². The summed E-state index contributed by atoms with van der Waals surface area (Å²) in [5.41, 5.74) is 8.38. The molecule has 0 bridgehead atoms. The lowest BCUT2D eigenvalue weighted by molar-refractivity contribution is 0.725. The Bertz CT molecular complexity index is 527. The van der Waals surface area contributed by atoms with Gasteiger partial charge in [0.15, 0.2) is 0 Å². The monoisotopic (exact) mass is 393 g/mol. The lowest BCUT2D eigenvalue weighted by atomic mass is 10.0. The second-order valence-electron chi connectivity index (χ2n) is 3.73. The van der Waals surface area contributed by atoms with Crippen molar-refractivity contribution in [2.75, 3.05) is 0 Å². The van der Waals surface area contributed by atoms with E-state index in [1.165, 1.54) is 0 Å². The molecular weight excluding hydrogens is 385 g/mol. The highest BCUT2D eigenvalue weighted by Gasteiger charge is 2.11. The van der Waals surface area contributed by atoms with Crippen molar-refractivity contribution in [2.45, 2.75) is 12.5 Å². The Morgan fingerprint density at radius 1 is 1.29 bits per heavy atom. The summed E-state index contributed by atoms with van der Waals surface area (Å²) in [7, 11) is 0. The summed E-state index contributed by atoms with van der Waals surface area (Å²) in [5, 5.41) is 2.82. The molecule has 0 aliphatic rings. The number of benzene rings is 1. The number of hydrogen-bond donors (Lipinski definition) is 1. The zero-order valence-corrected chi connectivity index (χ0v) is 13.5. The Morgan fingerprint density at radius 3 is 2.65 bits per heavy atom. The zero-order chi connectivity index (χ0) is 12.4. The predicted molar refractivity (Wildman–Crippen MR) is 81.8 cm³/mol. The minimum absolute atomic E-state index is 0.0174. The van der Waals surface area contributed by atoms with Gasteiger partial charge in [-0.15, -0.1) is 11.3 Å². The smallest absolute Gasteiger partial charge is 0.0701 e. The van der Waals surface area contributed by atoms with Gasteiger partial charge in [0.1, 0.15) is 0 Å². The first kappa shape index (κ1) is 13.6. The van der Waals surface area contributed by atoms with Crippen molar-refractivity contribution >= 4 is 54.8 Å². The van der Waals surface area contributed by atoms with E-state index in [4.69, 9.17) is 17.3 Å². The molecule has 0 amide bonds. The molecular formula is C12H10Br2ClNS. The van der Waals surface area contributed by atoms with E-state index in [1.807, 2.05) is 18.2 Å². The SMILES string of the molecule is NC(Cc1ccc(Br)cc1Cl)c1csc(Br)c1. The molecule has 2 aromatic rings. The molecule has 1 atom stereocenters. The zero-order valence-electron chi connectivity index (χ0n) is 8.79. The van der Waals surface area contributed by atoms with Crippen LogP contribution in [0.15, 0.2) is 37.9 Å². The quantitative estimate of drug-likeness (QED) is 0.762. The fourth-order valence-corrected chi connectivity index (χ4v) is 3.55. The van der Waals surface area contributed by atoms with Crippen LogP contribution in [0.1, 0.15) is 17.2 Å². The Balaban J connectivity index is 2.15. The molecule has 1 heterocycles. The number of hydrogen-bond acceptors (Lipinski definition) is 2. The summed E-state index contributed by atoms with van der Waals surface area (Å²) in [6.45, 7) is 0. The van der Waals surface area contributed by atoms with E-state index >= 15 is 0 Å². The van der Waals surface area contributed by atoms with Gasteiger partial charge in [-0.1, -0.05) is 33.6 Å². The summed E-state index contributed by atoms with van der Waals surface area (Å²) in [6.07, 6.45) is 0.745. The summed E-state index contributed by atoms with van der Waals surface area (Å²) in [4.78, 5) is 0. The average Bonchev–Trinajstić information content (AvgIpc) is 2.69. The number of nitrogens with two attached hydrogens (primary N) is 1. The third-order valence-corrected chi connectivity index (χ3v) is 4.84. The molecule has 0 aliphatic heterocycles. The van der Waals surface area contributed by atoms with Gasteiger partial charge in [0.05, 0.1) is 3.79 Å². The van der Waals surface area contributed by atoms with E-state index in [9.17, 15) is 0 Å². The summed E-state index contributed by atoms with van der Waals surface area (Å²) in [5.74, 6) is 0. The van der Waals surface area contributed by atoms with Gasteiger partial charge in [0.2, 0.25) is 0 Å². The second-order valence-corrected chi connectivity index (χ2v) is 7.34. The summed E-state index contributed by atoms with van der Waals surface area (Å²) >= 11 is 14.7. The standard InChI is InChI=1S/C12H10Br2ClNS/c13-9-2-1-7(10(15)5-9)3-11(16)8-4-12(14)17-6-8/h1-2,4-6,11H,3,16H2. The Kier molecular flexibility index (Phi) is 4.66. The molecule has 0 aliphatic carbocycles. The first-order valence-corrected chi connectivity index (χ1v) is 7.84. The van der Waals surface area contributed by atoms with Crippen LogP contribution in [0.5, 0.6) is 0 Å². The van der Waals surface area contributed by atoms with Crippen LogP contribution in [0.2, 0.25) is 5.02 Å². The van der Waals surface area contributed by atoms with Crippen LogP contribution in [-0.4, -0.2) is 0 Å². The lowest BCUT2D eigenvalue weighted by Crippen LogP contribution is -2.12. The maximum Gasteiger partial charge on any atom is 0.0701 e. The van der Waals surface area contributed by atoms with Crippen LogP contribution in [-0.2, 0) is 6.42 Å². The molecule has 1 unspecified atom stereocenters. The number of thiophene rings is 1. The minimum Gasteiger partial charge on any atom is -0.324 e. The highest BCUT2D eigenvalue weighted by Crippen LogP contribution is 2.29. The highest BCUT2D eigenvalue weighted by atomic mass is 79.9. The van der Waals surface area contributed by atoms with Gasteiger partial charge in [0.25, 0.3) is 0 Å². The van der Waals surface area contributed by atoms with E-state index in [2.05, 4.69) is 43.3 Å². The van der Waals surface area contributed by atoms with Crippen LogP contribution in [0.4, 0.5) is 0 Å². The largest absolute Gasteiger partial charge is 0.324 e. The molecule has 0 fully saturated rings. The molecule has 0 radical (unpaired) electrons. The average molecular weight is 396 g/mol. The van der Waals surface area contributed by atoms with Gasteiger partial charge in [0, 0.05) is 15.5 Å². The summed E-state index contributed by atoms with van der Waals surface area (Å²) in [6, 6.07) is 7.93. The van der Waals surface area contributed by atoms with Gasteiger partial charge in [-0.2, -0.15) is 0 Å². The first-order valence-electron chi connectivity index (χ1n) is 4.99. The minimum atomic E-state index is -0.0174. The Morgan fingerprint density at radius 2 is 2.06 bits per heavy atom. The van der Waals surface area contributed by atoms with E-state index in [0.717, 1.165) is 30.8 Å². The molecule has 1 aromatic carbocycles. The van der Waals surface area contributed by atoms with Crippen LogP contribution in [0.3, 0.4) is 0 Å². The van der Waals surface area contributed by atoms with Crippen molar-refractivity contribution in [2.24, 2.45) is 5.73 Å². The molecule has 1 aromatic heterocycles. The van der Waals surface area contributed by atoms with E-state index in [0.29, 0.717) is 0 Å². The topological polar surface area (TPSA) is 26.0 Å². The van der Waals surface area contributed by atoms with Crippen LogP contribution < -0.4 is 5.73 Å². The molecule has 17 heavy (non-hydrogen) atoms. The maximum atomic E-state index is 6.17. The number of halogens is 3. The summed E-state index contributed by atoms with van der Waals surface area (Å²) < 4.78 is 2.09. The molecule has 0 spiro atoms. The molecule has 5 heteroatoms. The van der Waals surface area contributed by atoms with Gasteiger partial charge < -0.3 is 5.73 Å². The normalized spacial score (nSPS) is 12.7. The van der Waals surface area contributed by atoms with Crippen LogP contribution in [0.25, 0.3) is 0 Å². The van der Waals surface area contributed by atoms with Crippen LogP contribution in [0, 0.1) is 0 Å². The Hall–Kier alpha value is 0.130. The van der Waals surface area contributed by atoms with E-state index in [-0.39, 0.29) is 6.04 Å². The van der Waals surface area contributed by atoms with Gasteiger partial charge >= 0.3 is 0 Å². The second kappa shape index (κ2) is 5.85. The van der Waals surface area contributed by atoms with Gasteiger partial charge in [-0.25, -0.2) is 0 Å². The van der Waals surface area contributed by atoms with E-state index in [1.54, 1.807) is 11.3 Å². The van der Waals surface area contributed by atoms with Crippen molar-refractivity contribution in [3.05, 3.63) is 54.1 Å². The third kappa shape index (κ3) is 3.55. The molecule has 0 saturated carbocycles. The molecule has 0 saturated heterocycles. The van der Waals surface area contributed by atoms with Gasteiger partial charge in [-0.3, -0.25) is 0 Å². The van der Waals surface area contributed by atoms with Crippen molar-refractivity contribution in [1.29, 1.82) is 0 Å².